The summed E-state index contributed by atoms with van der Waals surface area (Å²) in [6.07, 6.45) is 1.65. The Kier molecular flexibility index (Phi) is 5.32. The number of nitrogens with one attached hydrogen (secondary N) is 1. The predicted molar refractivity (Wildman–Crippen MR) is 109 cm³/mol. The molecule has 3 aromatic rings. The number of hydrogen-bond acceptors (Lipinski definition) is 5. The van der Waals surface area contributed by atoms with Crippen molar-refractivity contribution >= 4 is 34.6 Å². The summed E-state index contributed by atoms with van der Waals surface area (Å²) >= 11 is 6.01. The number of carbonyl (C=O) groups excluding carboxylic acids is 1. The van der Waals surface area contributed by atoms with Gasteiger partial charge in [0.15, 0.2) is 17.1 Å². The lowest BCUT2D eigenvalue weighted by molar-refractivity contribution is 0.0611. The fraction of sp³-hybridized carbons (Fsp3) is 0.333. The number of piperidine rings is 1. The number of aromatic nitrogens is 1. The van der Waals surface area contributed by atoms with Crippen LogP contribution >= 0.6 is 11.6 Å². The second-order valence-corrected chi connectivity index (χ2v) is 7.52. The van der Waals surface area contributed by atoms with E-state index in [4.69, 9.17) is 20.8 Å². The number of halogens is 2. The molecule has 2 heterocycles. The standard InChI is InChI=1S/C21H21ClFN3O3/c1-12-16(24-21-25-17-11-13(22)8-9-18(17)29-21)7-4-10-26(12)20(27)14-5-3-6-15(23)19(14)28-2/h3,5-6,8-9,11-12,16H,4,7,10H2,1-2H3,(H,24,25)/t12-,16-/m0/s1. The largest absolute Gasteiger partial charge is 0.493 e. The van der Waals surface area contributed by atoms with Gasteiger partial charge in [-0.3, -0.25) is 4.79 Å². The lowest BCUT2D eigenvalue weighted by atomic mass is 9.96. The van der Waals surface area contributed by atoms with Crippen molar-refractivity contribution in [2.75, 3.05) is 19.0 Å². The van der Waals surface area contributed by atoms with Crippen LogP contribution in [0.1, 0.15) is 30.1 Å². The second kappa shape index (κ2) is 7.91. The Morgan fingerprint density at radius 2 is 2.21 bits per heavy atom. The molecule has 1 aliphatic rings. The summed E-state index contributed by atoms with van der Waals surface area (Å²) in [5.74, 6) is -0.844. The number of oxazole rings is 1. The van der Waals surface area contributed by atoms with Gasteiger partial charge in [0.05, 0.1) is 18.7 Å². The van der Waals surface area contributed by atoms with E-state index in [2.05, 4.69) is 10.3 Å². The first-order chi connectivity index (χ1) is 14.0. The molecule has 0 saturated carbocycles. The number of benzene rings is 2. The Balaban J connectivity index is 1.55. The molecule has 4 rings (SSSR count). The predicted octanol–water partition coefficient (Wildman–Crippen LogP) is 4.73. The first-order valence-electron chi connectivity index (χ1n) is 9.44. The van der Waals surface area contributed by atoms with E-state index in [0.29, 0.717) is 28.7 Å². The highest BCUT2D eigenvalue weighted by Gasteiger charge is 2.33. The molecule has 1 aromatic heterocycles. The molecular weight excluding hydrogens is 397 g/mol. The van der Waals surface area contributed by atoms with Gasteiger partial charge < -0.3 is 19.4 Å². The molecule has 29 heavy (non-hydrogen) atoms. The van der Waals surface area contributed by atoms with Crippen LogP contribution in [0, 0.1) is 5.82 Å². The first kappa shape index (κ1) is 19.5. The van der Waals surface area contributed by atoms with Gasteiger partial charge in [0, 0.05) is 17.6 Å². The van der Waals surface area contributed by atoms with Crippen LogP contribution in [-0.2, 0) is 0 Å². The molecule has 0 spiro atoms. The summed E-state index contributed by atoms with van der Waals surface area (Å²) in [5, 5.41) is 3.88. The molecule has 8 heteroatoms. The highest BCUT2D eigenvalue weighted by Crippen LogP contribution is 2.29. The number of anilines is 1. The van der Waals surface area contributed by atoms with Crippen molar-refractivity contribution in [1.29, 1.82) is 0 Å². The molecule has 1 N–H and O–H groups in total. The number of nitrogens with zero attached hydrogens (tertiary/aromatic N) is 2. The van der Waals surface area contributed by atoms with Crippen molar-refractivity contribution in [3.63, 3.8) is 0 Å². The molecule has 1 aliphatic heterocycles. The molecule has 6 nitrogen and oxygen atoms in total. The van der Waals surface area contributed by atoms with Crippen LogP contribution in [0.4, 0.5) is 10.4 Å². The van der Waals surface area contributed by atoms with Gasteiger partial charge >= 0.3 is 0 Å². The Morgan fingerprint density at radius 1 is 1.38 bits per heavy atom. The Morgan fingerprint density at radius 3 is 3.00 bits per heavy atom. The second-order valence-electron chi connectivity index (χ2n) is 7.08. The van der Waals surface area contributed by atoms with Crippen molar-refractivity contribution in [3.8, 4) is 5.75 Å². The lowest BCUT2D eigenvalue weighted by Gasteiger charge is -2.39. The Labute approximate surface area is 172 Å². The molecule has 2 atom stereocenters. The van der Waals surface area contributed by atoms with E-state index >= 15 is 0 Å². The average Bonchev–Trinajstić information content (AvgIpc) is 3.10. The summed E-state index contributed by atoms with van der Waals surface area (Å²) in [6.45, 7) is 2.54. The van der Waals surface area contributed by atoms with Gasteiger partial charge in [0.25, 0.3) is 11.9 Å². The molecule has 1 fully saturated rings. The van der Waals surface area contributed by atoms with Crippen LogP contribution in [0.3, 0.4) is 0 Å². The lowest BCUT2D eigenvalue weighted by Crippen LogP contribution is -2.52. The average molecular weight is 418 g/mol. The Bertz CT molecular complexity index is 1050. The number of para-hydroxylation sites is 1. The van der Waals surface area contributed by atoms with Crippen LogP contribution in [-0.4, -0.2) is 41.5 Å². The molecule has 0 unspecified atom stereocenters. The van der Waals surface area contributed by atoms with E-state index in [9.17, 15) is 9.18 Å². The topological polar surface area (TPSA) is 67.6 Å². The highest BCUT2D eigenvalue weighted by atomic mass is 35.5. The maximum absolute atomic E-state index is 14.0. The molecule has 0 bridgehead atoms. The van der Waals surface area contributed by atoms with Gasteiger partial charge in [-0.25, -0.2) is 4.39 Å². The smallest absolute Gasteiger partial charge is 0.295 e. The molecule has 0 aliphatic carbocycles. The number of ether oxygens (including phenoxy) is 1. The third-order valence-electron chi connectivity index (χ3n) is 5.31. The number of fused-ring (bicyclic) bond motifs is 1. The number of likely N-dealkylation sites (tertiary alicyclic amines) is 1. The monoisotopic (exact) mass is 417 g/mol. The molecule has 2 aromatic carbocycles. The molecule has 1 saturated heterocycles. The van der Waals surface area contributed by atoms with Gasteiger partial charge in [-0.1, -0.05) is 17.7 Å². The minimum atomic E-state index is -0.553. The molecular formula is C21H21ClFN3O3. The SMILES string of the molecule is COc1c(F)cccc1C(=O)N1CCC[C@H](Nc2nc3cc(Cl)ccc3o2)[C@@H]1C. The normalized spacial score (nSPS) is 19.4. The summed E-state index contributed by atoms with van der Waals surface area (Å²) < 4.78 is 24.9. The van der Waals surface area contributed by atoms with Gasteiger partial charge in [0.1, 0.15) is 5.52 Å². The fourth-order valence-corrected chi connectivity index (χ4v) is 3.95. The van der Waals surface area contributed by atoms with Gasteiger partial charge in [-0.15, -0.1) is 0 Å². The van der Waals surface area contributed by atoms with Crippen LogP contribution in [0.5, 0.6) is 5.75 Å². The third-order valence-corrected chi connectivity index (χ3v) is 5.54. The number of rotatable bonds is 4. The van der Waals surface area contributed by atoms with E-state index in [0.717, 1.165) is 12.8 Å². The van der Waals surface area contributed by atoms with Crippen molar-refractivity contribution in [2.45, 2.75) is 31.8 Å². The summed E-state index contributed by atoms with van der Waals surface area (Å²) in [7, 11) is 1.36. The quantitative estimate of drug-likeness (QED) is 0.664. The van der Waals surface area contributed by atoms with Crippen molar-refractivity contribution < 1.29 is 18.3 Å². The zero-order valence-corrected chi connectivity index (χ0v) is 16.9. The zero-order valence-electron chi connectivity index (χ0n) is 16.1. The molecule has 152 valence electrons. The van der Waals surface area contributed by atoms with Crippen LogP contribution in [0.25, 0.3) is 11.1 Å². The minimum Gasteiger partial charge on any atom is -0.493 e. The van der Waals surface area contributed by atoms with E-state index in [1.807, 2.05) is 6.92 Å². The fourth-order valence-electron chi connectivity index (χ4n) is 3.78. The van der Waals surface area contributed by atoms with Crippen molar-refractivity contribution in [2.24, 2.45) is 0 Å². The van der Waals surface area contributed by atoms with E-state index in [1.165, 1.54) is 19.2 Å². The van der Waals surface area contributed by atoms with Crippen LogP contribution < -0.4 is 10.1 Å². The van der Waals surface area contributed by atoms with Crippen LogP contribution in [0.2, 0.25) is 5.02 Å². The molecule has 1 amide bonds. The number of hydrogen-bond donors (Lipinski definition) is 1. The van der Waals surface area contributed by atoms with Gasteiger partial charge in [0.2, 0.25) is 0 Å². The van der Waals surface area contributed by atoms with Crippen LogP contribution in [0.15, 0.2) is 40.8 Å². The third kappa shape index (κ3) is 3.74. The van der Waals surface area contributed by atoms with Gasteiger partial charge in [-0.05, 0) is 50.1 Å². The molecule has 0 radical (unpaired) electrons. The van der Waals surface area contributed by atoms with E-state index in [1.54, 1.807) is 29.2 Å². The summed E-state index contributed by atoms with van der Waals surface area (Å²) in [5.41, 5.74) is 1.52. The maximum Gasteiger partial charge on any atom is 0.295 e. The van der Waals surface area contributed by atoms with E-state index in [-0.39, 0.29) is 29.3 Å². The number of carbonyl (C=O) groups is 1. The number of methoxy groups -OCH3 is 1. The van der Waals surface area contributed by atoms with Gasteiger partial charge in [-0.2, -0.15) is 4.98 Å². The number of amides is 1. The zero-order chi connectivity index (χ0) is 20.5. The summed E-state index contributed by atoms with van der Waals surface area (Å²) in [4.78, 5) is 19.3. The van der Waals surface area contributed by atoms with E-state index < -0.39 is 5.82 Å². The van der Waals surface area contributed by atoms with Crippen molar-refractivity contribution in [3.05, 3.63) is 52.8 Å². The first-order valence-corrected chi connectivity index (χ1v) is 9.82. The summed E-state index contributed by atoms with van der Waals surface area (Å²) in [6, 6.07) is 9.80. The maximum atomic E-state index is 14.0. The Hall–Kier alpha value is -2.80. The minimum absolute atomic E-state index is 0.0318. The van der Waals surface area contributed by atoms with Crippen molar-refractivity contribution in [1.82, 2.24) is 9.88 Å². The highest BCUT2D eigenvalue weighted by molar-refractivity contribution is 6.31.